The molecule has 6 heteroatoms. The smallest absolute Gasteiger partial charge is 0.243 e. The first-order chi connectivity index (χ1) is 18.9. The van der Waals surface area contributed by atoms with E-state index in [1.54, 1.807) is 4.90 Å². The molecule has 2 amide bonds. The number of benzene rings is 3. The van der Waals surface area contributed by atoms with E-state index < -0.39 is 6.04 Å². The molecule has 208 valence electrons. The Morgan fingerprint density at radius 3 is 2.15 bits per heavy atom. The lowest BCUT2D eigenvalue weighted by atomic mass is 10.0. The normalized spacial score (nSPS) is 11.5. The zero-order valence-corrected chi connectivity index (χ0v) is 23.7. The molecule has 0 saturated heterocycles. The van der Waals surface area contributed by atoms with E-state index in [-0.39, 0.29) is 18.2 Å². The Morgan fingerprint density at radius 2 is 1.49 bits per heavy atom. The van der Waals surface area contributed by atoms with E-state index in [9.17, 15) is 9.59 Å². The predicted molar refractivity (Wildman–Crippen MR) is 156 cm³/mol. The lowest BCUT2D eigenvalue weighted by Gasteiger charge is -2.31. The second kappa shape index (κ2) is 15.6. The van der Waals surface area contributed by atoms with E-state index in [0.29, 0.717) is 50.6 Å². The van der Waals surface area contributed by atoms with Crippen molar-refractivity contribution >= 4 is 11.8 Å². The number of rotatable bonds is 15. The highest BCUT2D eigenvalue weighted by Gasteiger charge is 2.30. The van der Waals surface area contributed by atoms with Gasteiger partial charge in [-0.1, -0.05) is 73.2 Å². The van der Waals surface area contributed by atoms with E-state index in [1.807, 2.05) is 100 Å². The Kier molecular flexibility index (Phi) is 11.9. The number of ether oxygens (including phenoxy) is 2. The minimum Gasteiger partial charge on any atom is -0.490 e. The van der Waals surface area contributed by atoms with Crippen LogP contribution >= 0.6 is 0 Å². The average Bonchev–Trinajstić information content (AvgIpc) is 2.95. The first-order valence-corrected chi connectivity index (χ1v) is 14.0. The van der Waals surface area contributed by atoms with Gasteiger partial charge < -0.3 is 19.7 Å². The number of hydrogen-bond acceptors (Lipinski definition) is 4. The quantitative estimate of drug-likeness (QED) is 0.266. The molecule has 6 nitrogen and oxygen atoms in total. The molecular formula is C33H42N2O4. The second-order valence-corrected chi connectivity index (χ2v) is 9.65. The summed E-state index contributed by atoms with van der Waals surface area (Å²) in [7, 11) is 0. The fraction of sp³-hybridized carbons (Fsp3) is 0.394. The zero-order valence-electron chi connectivity index (χ0n) is 23.7. The third-order valence-electron chi connectivity index (χ3n) is 6.53. The first kappa shape index (κ1) is 29.8. The number of carbonyl (C=O) groups is 2. The number of amides is 2. The Labute approximate surface area is 233 Å². The summed E-state index contributed by atoms with van der Waals surface area (Å²) in [6.07, 6.45) is 2.09. The molecule has 3 rings (SSSR count). The Balaban J connectivity index is 1.87. The number of carbonyl (C=O) groups excluding carboxylic acids is 2. The lowest BCUT2D eigenvalue weighted by Crippen LogP contribution is -2.50. The summed E-state index contributed by atoms with van der Waals surface area (Å²) in [5.74, 6) is 1.20. The molecule has 39 heavy (non-hydrogen) atoms. The molecule has 0 heterocycles. The summed E-state index contributed by atoms with van der Waals surface area (Å²) in [6.45, 7) is 9.95. The molecule has 0 bridgehead atoms. The molecule has 3 aromatic carbocycles. The van der Waals surface area contributed by atoms with Crippen LogP contribution in [0.3, 0.4) is 0 Å². The maximum absolute atomic E-state index is 13.9. The van der Waals surface area contributed by atoms with Gasteiger partial charge in [0.2, 0.25) is 11.8 Å². The van der Waals surface area contributed by atoms with E-state index in [2.05, 4.69) is 5.32 Å². The molecule has 0 aliphatic heterocycles. The van der Waals surface area contributed by atoms with Crippen molar-refractivity contribution in [1.82, 2.24) is 10.2 Å². The summed E-state index contributed by atoms with van der Waals surface area (Å²) in [4.78, 5) is 29.1. The van der Waals surface area contributed by atoms with Gasteiger partial charge >= 0.3 is 0 Å². The van der Waals surface area contributed by atoms with Crippen molar-refractivity contribution in [3.63, 3.8) is 0 Å². The Hall–Kier alpha value is -3.80. The molecule has 0 aromatic heterocycles. The third kappa shape index (κ3) is 9.17. The van der Waals surface area contributed by atoms with E-state index in [4.69, 9.17) is 9.47 Å². The lowest BCUT2D eigenvalue weighted by molar-refractivity contribution is -0.141. The van der Waals surface area contributed by atoms with Crippen LogP contribution in [-0.4, -0.2) is 42.5 Å². The van der Waals surface area contributed by atoms with Gasteiger partial charge in [-0.25, -0.2) is 0 Å². The molecule has 0 fully saturated rings. The fourth-order valence-corrected chi connectivity index (χ4v) is 4.46. The molecule has 0 radical (unpaired) electrons. The number of nitrogens with zero attached hydrogens (tertiary/aromatic N) is 1. The topological polar surface area (TPSA) is 67.9 Å². The summed E-state index contributed by atoms with van der Waals surface area (Å²) in [6, 6.07) is 23.2. The van der Waals surface area contributed by atoms with Gasteiger partial charge in [-0.05, 0) is 62.4 Å². The second-order valence-electron chi connectivity index (χ2n) is 9.65. The van der Waals surface area contributed by atoms with E-state index in [1.165, 1.54) is 0 Å². The van der Waals surface area contributed by atoms with Crippen molar-refractivity contribution in [2.24, 2.45) is 0 Å². The minimum absolute atomic E-state index is 0.0602. The van der Waals surface area contributed by atoms with Crippen LogP contribution in [0.15, 0.2) is 72.8 Å². The van der Waals surface area contributed by atoms with Crippen molar-refractivity contribution in [1.29, 1.82) is 0 Å². The van der Waals surface area contributed by atoms with Crippen molar-refractivity contribution < 1.29 is 19.1 Å². The summed E-state index contributed by atoms with van der Waals surface area (Å²) >= 11 is 0. The van der Waals surface area contributed by atoms with Gasteiger partial charge in [0.05, 0.1) is 13.2 Å². The highest BCUT2D eigenvalue weighted by Crippen LogP contribution is 2.29. The maximum atomic E-state index is 13.9. The molecule has 0 unspecified atom stereocenters. The van der Waals surface area contributed by atoms with Crippen LogP contribution in [-0.2, 0) is 29.0 Å². The van der Waals surface area contributed by atoms with Crippen LogP contribution in [0.5, 0.6) is 11.5 Å². The van der Waals surface area contributed by atoms with Gasteiger partial charge in [0.15, 0.2) is 11.5 Å². The van der Waals surface area contributed by atoms with Crippen molar-refractivity contribution in [2.45, 2.75) is 66.0 Å². The van der Waals surface area contributed by atoms with Gasteiger partial charge in [-0.3, -0.25) is 9.59 Å². The molecule has 0 aliphatic rings. The standard InChI is InChI=1S/C33H42N2O4/c1-5-21-34-33(37)29(22-26-11-9-8-10-12-26)35(24-28-15-13-25(4)14-16-28)32(36)20-18-27-17-19-30(38-6-2)31(23-27)39-7-3/h8-17,19,23,29H,5-7,18,20-22,24H2,1-4H3,(H,34,37)/t29-/m1/s1. The van der Waals surface area contributed by atoms with Crippen LogP contribution in [0.1, 0.15) is 55.9 Å². The SMILES string of the molecule is CCCNC(=O)[C@@H](Cc1ccccc1)N(Cc1ccc(C)cc1)C(=O)CCc1ccc(OCC)c(OCC)c1. The summed E-state index contributed by atoms with van der Waals surface area (Å²) < 4.78 is 11.5. The average molecular weight is 531 g/mol. The fourth-order valence-electron chi connectivity index (χ4n) is 4.46. The molecule has 1 N–H and O–H groups in total. The van der Waals surface area contributed by atoms with Gasteiger partial charge in [0.25, 0.3) is 0 Å². The van der Waals surface area contributed by atoms with Gasteiger partial charge in [0, 0.05) is 25.9 Å². The number of hydrogen-bond donors (Lipinski definition) is 1. The molecule has 3 aromatic rings. The molecule has 0 spiro atoms. The summed E-state index contributed by atoms with van der Waals surface area (Å²) in [5, 5.41) is 3.03. The molecular weight excluding hydrogens is 488 g/mol. The summed E-state index contributed by atoms with van der Waals surface area (Å²) in [5.41, 5.74) is 4.15. The van der Waals surface area contributed by atoms with E-state index >= 15 is 0 Å². The molecule has 0 aliphatic carbocycles. The molecule has 0 saturated carbocycles. The van der Waals surface area contributed by atoms with Crippen LogP contribution in [0, 0.1) is 6.92 Å². The van der Waals surface area contributed by atoms with Crippen LogP contribution in [0.25, 0.3) is 0 Å². The Morgan fingerprint density at radius 1 is 0.821 bits per heavy atom. The minimum atomic E-state index is -0.618. The van der Waals surface area contributed by atoms with Gasteiger partial charge in [0.1, 0.15) is 6.04 Å². The third-order valence-corrected chi connectivity index (χ3v) is 6.53. The Bertz CT molecular complexity index is 1180. The van der Waals surface area contributed by atoms with E-state index in [0.717, 1.165) is 28.7 Å². The number of aryl methyl sites for hydroxylation is 2. The largest absolute Gasteiger partial charge is 0.490 e. The van der Waals surface area contributed by atoms with Crippen molar-refractivity contribution in [3.8, 4) is 11.5 Å². The first-order valence-electron chi connectivity index (χ1n) is 14.0. The van der Waals surface area contributed by atoms with Gasteiger partial charge in [-0.2, -0.15) is 0 Å². The van der Waals surface area contributed by atoms with Crippen LogP contribution in [0.2, 0.25) is 0 Å². The number of nitrogens with one attached hydrogen (secondary N) is 1. The zero-order chi connectivity index (χ0) is 28.0. The molecule has 1 atom stereocenters. The predicted octanol–water partition coefficient (Wildman–Crippen LogP) is 5.89. The highest BCUT2D eigenvalue weighted by molar-refractivity contribution is 5.88. The maximum Gasteiger partial charge on any atom is 0.243 e. The monoisotopic (exact) mass is 530 g/mol. The van der Waals surface area contributed by atoms with Crippen molar-refractivity contribution in [2.75, 3.05) is 19.8 Å². The van der Waals surface area contributed by atoms with Crippen molar-refractivity contribution in [3.05, 3.63) is 95.1 Å². The van der Waals surface area contributed by atoms with Crippen LogP contribution < -0.4 is 14.8 Å². The highest BCUT2D eigenvalue weighted by atomic mass is 16.5. The van der Waals surface area contributed by atoms with Crippen LogP contribution in [0.4, 0.5) is 0 Å². The van der Waals surface area contributed by atoms with Gasteiger partial charge in [-0.15, -0.1) is 0 Å².